The Morgan fingerprint density at radius 3 is 2.32 bits per heavy atom. The predicted molar refractivity (Wildman–Crippen MR) is 113 cm³/mol. The van der Waals surface area contributed by atoms with E-state index < -0.39 is 36.0 Å². The third-order valence-electron chi connectivity index (χ3n) is 5.76. The molecule has 3 rings (SSSR count). The number of pyridine rings is 1. The molecule has 0 aliphatic rings. The van der Waals surface area contributed by atoms with Crippen molar-refractivity contribution in [3.63, 3.8) is 0 Å². The van der Waals surface area contributed by atoms with Crippen molar-refractivity contribution in [1.82, 2.24) is 4.57 Å². The average Bonchev–Trinajstić information content (AvgIpc) is 2.65. The van der Waals surface area contributed by atoms with Crippen molar-refractivity contribution in [1.29, 1.82) is 0 Å². The number of aromatic nitrogens is 1. The van der Waals surface area contributed by atoms with E-state index >= 15 is 0 Å². The molecule has 1 aromatic heterocycles. The first-order valence-electron chi connectivity index (χ1n) is 9.89. The molecule has 1 unspecified atom stereocenters. The summed E-state index contributed by atoms with van der Waals surface area (Å²) in [6.07, 6.45) is -4.38. The van der Waals surface area contributed by atoms with Gasteiger partial charge in [-0.15, -0.1) is 0 Å². The Bertz CT molecular complexity index is 1180. The van der Waals surface area contributed by atoms with E-state index in [0.717, 1.165) is 5.56 Å². The van der Waals surface area contributed by atoms with Crippen LogP contribution in [0.2, 0.25) is 0 Å². The van der Waals surface area contributed by atoms with E-state index in [2.05, 4.69) is 0 Å². The van der Waals surface area contributed by atoms with Crippen LogP contribution >= 0.6 is 0 Å². The highest BCUT2D eigenvalue weighted by molar-refractivity contribution is 5.79. The molecule has 0 aliphatic heterocycles. The molecule has 3 nitrogen and oxygen atoms in total. The van der Waals surface area contributed by atoms with Crippen LogP contribution in [0.15, 0.2) is 53.5 Å². The number of alkyl halides is 3. The molecule has 0 amide bonds. The second kappa shape index (κ2) is 7.79. The van der Waals surface area contributed by atoms with Crippen LogP contribution in [-0.2, 0) is 12.0 Å². The normalized spacial score (nSPS) is 14.6. The molecule has 1 N–H and O–H groups in total. The topological polar surface area (TPSA) is 42.2 Å². The molecule has 0 saturated carbocycles. The van der Waals surface area contributed by atoms with E-state index in [0.29, 0.717) is 16.6 Å². The van der Waals surface area contributed by atoms with E-state index in [9.17, 15) is 27.5 Å². The number of halogens is 4. The molecule has 1 atom stereocenters. The Labute approximate surface area is 178 Å². The van der Waals surface area contributed by atoms with Crippen LogP contribution in [0.3, 0.4) is 0 Å². The van der Waals surface area contributed by atoms with Gasteiger partial charge in [-0.1, -0.05) is 31.5 Å². The van der Waals surface area contributed by atoms with E-state index in [1.807, 2.05) is 0 Å². The van der Waals surface area contributed by atoms with E-state index in [-0.39, 0.29) is 10.8 Å². The largest absolute Gasteiger partial charge is 0.418 e. The van der Waals surface area contributed by atoms with Gasteiger partial charge in [-0.2, -0.15) is 13.2 Å². The summed E-state index contributed by atoms with van der Waals surface area (Å²) in [5.74, 6) is -0.550. The summed E-state index contributed by atoms with van der Waals surface area (Å²) in [5, 5.41) is 11.2. The zero-order valence-electron chi connectivity index (χ0n) is 17.8. The lowest BCUT2D eigenvalue weighted by Crippen LogP contribution is -2.52. The Balaban J connectivity index is 2.09. The van der Waals surface area contributed by atoms with E-state index in [1.165, 1.54) is 35.0 Å². The third-order valence-corrected chi connectivity index (χ3v) is 5.76. The van der Waals surface area contributed by atoms with E-state index in [4.69, 9.17) is 0 Å². The zero-order chi connectivity index (χ0) is 23.2. The molecule has 0 bridgehead atoms. The molecule has 0 radical (unpaired) electrons. The lowest BCUT2D eigenvalue weighted by Gasteiger charge is -2.39. The van der Waals surface area contributed by atoms with Crippen molar-refractivity contribution in [2.45, 2.75) is 57.9 Å². The van der Waals surface area contributed by atoms with Gasteiger partial charge in [-0.25, -0.2) is 4.39 Å². The standard InChI is InChI=1S/C24H25F4NO2/c1-15-5-8-20-18(11-15)21(30)9-10-29(20)14-23(31,24(26,27)28)13-22(3,4)19-12-17(25)7-6-16(19)2/h5-12,31H,13-14H2,1-4H3. The first-order chi connectivity index (χ1) is 14.2. The molecule has 7 heteroatoms. The van der Waals surface area contributed by atoms with Crippen LogP contribution in [0.5, 0.6) is 0 Å². The molecule has 166 valence electrons. The second-order valence-corrected chi connectivity index (χ2v) is 8.88. The molecule has 0 saturated heterocycles. The number of fused-ring (bicyclic) bond motifs is 1. The number of aliphatic hydroxyl groups is 1. The van der Waals surface area contributed by atoms with Crippen LogP contribution in [0.1, 0.15) is 37.0 Å². The van der Waals surface area contributed by atoms with Crippen LogP contribution < -0.4 is 5.43 Å². The Morgan fingerprint density at radius 2 is 1.68 bits per heavy atom. The van der Waals surface area contributed by atoms with E-state index in [1.54, 1.807) is 45.9 Å². The highest BCUT2D eigenvalue weighted by atomic mass is 19.4. The fraction of sp³-hybridized carbons (Fsp3) is 0.375. The predicted octanol–water partition coefficient (Wildman–Crippen LogP) is 5.42. The van der Waals surface area contributed by atoms with Crippen LogP contribution in [0, 0.1) is 19.7 Å². The highest BCUT2D eigenvalue weighted by Crippen LogP contribution is 2.43. The van der Waals surface area contributed by atoms with Gasteiger partial charge >= 0.3 is 6.18 Å². The summed E-state index contributed by atoms with van der Waals surface area (Å²) < 4.78 is 57.5. The van der Waals surface area contributed by atoms with Crippen LogP contribution in [0.25, 0.3) is 10.9 Å². The minimum absolute atomic E-state index is 0.284. The molecule has 0 fully saturated rings. The lowest BCUT2D eigenvalue weighted by atomic mass is 9.73. The summed E-state index contributed by atoms with van der Waals surface area (Å²) in [4.78, 5) is 12.2. The second-order valence-electron chi connectivity index (χ2n) is 8.88. The Morgan fingerprint density at radius 1 is 1.00 bits per heavy atom. The molecule has 1 heterocycles. The first-order valence-corrected chi connectivity index (χ1v) is 9.89. The van der Waals surface area contributed by atoms with Gasteiger partial charge < -0.3 is 9.67 Å². The fourth-order valence-corrected chi connectivity index (χ4v) is 4.24. The number of hydrogen-bond acceptors (Lipinski definition) is 2. The van der Waals surface area contributed by atoms with Gasteiger partial charge in [0.2, 0.25) is 0 Å². The molecule has 0 aliphatic carbocycles. The number of hydrogen-bond donors (Lipinski definition) is 1. The monoisotopic (exact) mass is 435 g/mol. The van der Waals surface area contributed by atoms with Gasteiger partial charge in [-0.3, -0.25) is 4.79 Å². The quantitative estimate of drug-likeness (QED) is 0.544. The molecular formula is C24H25F4NO2. The number of benzene rings is 2. The molecule has 2 aromatic carbocycles. The molecule has 31 heavy (non-hydrogen) atoms. The van der Waals surface area contributed by atoms with Gasteiger partial charge in [0.05, 0.1) is 12.1 Å². The minimum atomic E-state index is -4.95. The minimum Gasteiger partial charge on any atom is -0.379 e. The number of nitrogens with zero attached hydrogens (tertiary/aromatic N) is 1. The average molecular weight is 435 g/mol. The number of aryl methyl sites for hydroxylation is 2. The van der Waals surface area contributed by atoms with Crippen LogP contribution in [0.4, 0.5) is 17.6 Å². The smallest absolute Gasteiger partial charge is 0.379 e. The summed E-state index contributed by atoms with van der Waals surface area (Å²) >= 11 is 0. The first kappa shape index (κ1) is 23.0. The maximum Gasteiger partial charge on any atom is 0.418 e. The van der Waals surface area contributed by atoms with Gasteiger partial charge in [0, 0.05) is 17.6 Å². The summed E-state index contributed by atoms with van der Waals surface area (Å²) in [5.41, 5.74) is -2.45. The summed E-state index contributed by atoms with van der Waals surface area (Å²) in [6.45, 7) is 5.79. The summed E-state index contributed by atoms with van der Waals surface area (Å²) in [6, 6.07) is 10.1. The van der Waals surface area contributed by atoms with Crippen molar-refractivity contribution in [2.75, 3.05) is 0 Å². The maximum absolute atomic E-state index is 14.2. The van der Waals surface area contributed by atoms with Crippen LogP contribution in [-0.4, -0.2) is 21.5 Å². The Kier molecular flexibility index (Phi) is 5.78. The maximum atomic E-state index is 14.2. The van der Waals surface area contributed by atoms with Gasteiger partial charge in [0.25, 0.3) is 0 Å². The summed E-state index contributed by atoms with van der Waals surface area (Å²) in [7, 11) is 0. The molecular weight excluding hydrogens is 410 g/mol. The Hall–Kier alpha value is -2.67. The SMILES string of the molecule is Cc1ccc2c(c1)c(=O)ccn2CC(O)(CC(C)(C)c1cc(F)ccc1C)C(F)(F)F. The van der Waals surface area contributed by atoms with Gasteiger partial charge in [0.1, 0.15) is 5.82 Å². The lowest BCUT2D eigenvalue weighted by molar-refractivity contribution is -0.271. The number of rotatable bonds is 5. The third kappa shape index (κ3) is 4.51. The van der Waals surface area contributed by atoms with Crippen molar-refractivity contribution in [2.24, 2.45) is 0 Å². The molecule has 0 spiro atoms. The van der Waals surface area contributed by atoms with Crippen molar-refractivity contribution >= 4 is 10.9 Å². The van der Waals surface area contributed by atoms with Crippen molar-refractivity contribution < 1.29 is 22.7 Å². The van der Waals surface area contributed by atoms with Crippen molar-refractivity contribution in [3.05, 3.63) is 81.4 Å². The van der Waals surface area contributed by atoms with Crippen molar-refractivity contribution in [3.8, 4) is 0 Å². The zero-order valence-corrected chi connectivity index (χ0v) is 17.8. The fourth-order valence-electron chi connectivity index (χ4n) is 4.24. The van der Waals surface area contributed by atoms with Gasteiger partial charge in [-0.05, 0) is 61.1 Å². The van der Waals surface area contributed by atoms with Gasteiger partial charge in [0.15, 0.2) is 11.0 Å². The highest BCUT2D eigenvalue weighted by Gasteiger charge is 2.56. The molecule has 3 aromatic rings.